The van der Waals surface area contributed by atoms with Crippen LogP contribution in [0.4, 0.5) is 4.39 Å². The second-order valence-corrected chi connectivity index (χ2v) is 3.98. The van der Waals surface area contributed by atoms with E-state index in [1.54, 1.807) is 6.07 Å². The third-order valence-electron chi connectivity index (χ3n) is 2.19. The standard InChI is InChI=1S/C12H16BrFO/c1-2-3-4-8-15-12-10(9-13)6-5-7-11(12)14/h5-7H,2-4,8-9H2,1H3. The Morgan fingerprint density at radius 2 is 2.13 bits per heavy atom. The van der Waals surface area contributed by atoms with E-state index >= 15 is 0 Å². The van der Waals surface area contributed by atoms with Gasteiger partial charge >= 0.3 is 0 Å². The number of benzene rings is 1. The molecule has 1 aromatic rings. The van der Waals surface area contributed by atoms with E-state index in [9.17, 15) is 4.39 Å². The average molecular weight is 275 g/mol. The van der Waals surface area contributed by atoms with E-state index in [1.807, 2.05) is 6.07 Å². The van der Waals surface area contributed by atoms with E-state index < -0.39 is 0 Å². The molecule has 1 aromatic carbocycles. The lowest BCUT2D eigenvalue weighted by Gasteiger charge is -2.10. The van der Waals surface area contributed by atoms with Gasteiger partial charge in [0.1, 0.15) is 0 Å². The SMILES string of the molecule is CCCCCOc1c(F)cccc1CBr. The summed E-state index contributed by atoms with van der Waals surface area (Å²) in [5.74, 6) is 0.119. The molecule has 0 aliphatic carbocycles. The van der Waals surface area contributed by atoms with E-state index in [4.69, 9.17) is 4.74 Å². The molecule has 0 aliphatic heterocycles. The van der Waals surface area contributed by atoms with Crippen LogP contribution >= 0.6 is 15.9 Å². The van der Waals surface area contributed by atoms with Gasteiger partial charge < -0.3 is 4.74 Å². The minimum absolute atomic E-state index is 0.275. The molecule has 0 radical (unpaired) electrons. The van der Waals surface area contributed by atoms with Crippen LogP contribution in [0.15, 0.2) is 18.2 Å². The Bertz CT molecular complexity index is 302. The zero-order valence-corrected chi connectivity index (χ0v) is 10.5. The van der Waals surface area contributed by atoms with Crippen molar-refractivity contribution in [2.24, 2.45) is 0 Å². The minimum Gasteiger partial charge on any atom is -0.490 e. The first-order valence-corrected chi connectivity index (χ1v) is 6.38. The van der Waals surface area contributed by atoms with Crippen molar-refractivity contribution < 1.29 is 9.13 Å². The Kier molecular flexibility index (Phi) is 5.69. The maximum Gasteiger partial charge on any atom is 0.165 e. The molecule has 3 heteroatoms. The first kappa shape index (κ1) is 12.5. The monoisotopic (exact) mass is 274 g/mol. The number of alkyl halides is 1. The Labute approximate surface area is 98.8 Å². The Morgan fingerprint density at radius 1 is 1.33 bits per heavy atom. The van der Waals surface area contributed by atoms with Gasteiger partial charge in [-0.3, -0.25) is 0 Å². The van der Waals surface area contributed by atoms with Gasteiger partial charge in [-0.25, -0.2) is 4.39 Å². The summed E-state index contributed by atoms with van der Waals surface area (Å²) >= 11 is 3.32. The first-order valence-electron chi connectivity index (χ1n) is 5.25. The number of unbranched alkanes of at least 4 members (excludes halogenated alkanes) is 2. The van der Waals surface area contributed by atoms with E-state index in [2.05, 4.69) is 22.9 Å². The fraction of sp³-hybridized carbons (Fsp3) is 0.500. The lowest BCUT2D eigenvalue weighted by Crippen LogP contribution is -2.01. The number of halogens is 2. The maximum absolute atomic E-state index is 13.4. The molecule has 0 heterocycles. The number of para-hydroxylation sites is 1. The highest BCUT2D eigenvalue weighted by Gasteiger charge is 2.08. The Hall–Kier alpha value is -0.570. The van der Waals surface area contributed by atoms with Crippen LogP contribution in [-0.2, 0) is 5.33 Å². The second-order valence-electron chi connectivity index (χ2n) is 3.42. The third-order valence-corrected chi connectivity index (χ3v) is 2.79. The van der Waals surface area contributed by atoms with Crippen molar-refractivity contribution in [2.75, 3.05) is 6.61 Å². The second kappa shape index (κ2) is 6.83. The zero-order valence-electron chi connectivity index (χ0n) is 8.93. The fourth-order valence-electron chi connectivity index (χ4n) is 1.35. The van der Waals surface area contributed by atoms with Gasteiger partial charge in [-0.2, -0.15) is 0 Å². The van der Waals surface area contributed by atoms with Crippen LogP contribution in [0.1, 0.15) is 31.7 Å². The lowest BCUT2D eigenvalue weighted by molar-refractivity contribution is 0.289. The molecule has 0 saturated carbocycles. The van der Waals surface area contributed by atoms with Crippen LogP contribution in [0, 0.1) is 5.82 Å². The number of rotatable bonds is 6. The molecule has 15 heavy (non-hydrogen) atoms. The fourth-order valence-corrected chi connectivity index (χ4v) is 1.79. The molecule has 0 amide bonds. The van der Waals surface area contributed by atoms with E-state index in [0.29, 0.717) is 17.7 Å². The van der Waals surface area contributed by atoms with Crippen LogP contribution < -0.4 is 4.74 Å². The van der Waals surface area contributed by atoms with Crippen molar-refractivity contribution in [1.82, 2.24) is 0 Å². The van der Waals surface area contributed by atoms with Crippen LogP contribution in [0.25, 0.3) is 0 Å². The lowest BCUT2D eigenvalue weighted by atomic mass is 10.2. The largest absolute Gasteiger partial charge is 0.490 e. The Balaban J connectivity index is 2.58. The van der Waals surface area contributed by atoms with Gasteiger partial charge in [0.2, 0.25) is 0 Å². The molecular weight excluding hydrogens is 259 g/mol. The summed E-state index contributed by atoms with van der Waals surface area (Å²) < 4.78 is 18.9. The van der Waals surface area contributed by atoms with Gasteiger partial charge in [-0.15, -0.1) is 0 Å². The summed E-state index contributed by atoms with van der Waals surface area (Å²) in [5, 5.41) is 0.619. The third kappa shape index (κ3) is 3.82. The molecule has 1 rings (SSSR count). The zero-order chi connectivity index (χ0) is 11.1. The number of hydrogen-bond donors (Lipinski definition) is 0. The Morgan fingerprint density at radius 3 is 2.80 bits per heavy atom. The van der Waals surface area contributed by atoms with E-state index in [1.165, 1.54) is 6.07 Å². The molecule has 0 atom stereocenters. The molecular formula is C12H16BrFO. The molecule has 0 bridgehead atoms. The molecule has 0 aromatic heterocycles. The average Bonchev–Trinajstić information content (AvgIpc) is 2.26. The van der Waals surface area contributed by atoms with Gasteiger partial charge in [0, 0.05) is 10.9 Å². The highest BCUT2D eigenvalue weighted by molar-refractivity contribution is 9.08. The van der Waals surface area contributed by atoms with Crippen molar-refractivity contribution in [3.63, 3.8) is 0 Å². The predicted molar refractivity (Wildman–Crippen MR) is 64.1 cm³/mol. The van der Waals surface area contributed by atoms with Gasteiger partial charge in [0.05, 0.1) is 6.61 Å². The van der Waals surface area contributed by atoms with Crippen molar-refractivity contribution in [3.05, 3.63) is 29.6 Å². The van der Waals surface area contributed by atoms with Gasteiger partial charge in [-0.1, -0.05) is 47.8 Å². The molecule has 1 nitrogen and oxygen atoms in total. The maximum atomic E-state index is 13.4. The highest BCUT2D eigenvalue weighted by atomic mass is 79.9. The number of ether oxygens (including phenoxy) is 1. The van der Waals surface area contributed by atoms with Gasteiger partial charge in [0.25, 0.3) is 0 Å². The quantitative estimate of drug-likeness (QED) is 0.556. The van der Waals surface area contributed by atoms with E-state index in [0.717, 1.165) is 24.8 Å². The smallest absolute Gasteiger partial charge is 0.165 e. The number of hydrogen-bond acceptors (Lipinski definition) is 1. The molecule has 0 unspecified atom stereocenters. The molecule has 0 spiro atoms. The molecule has 84 valence electrons. The normalized spacial score (nSPS) is 10.3. The molecule has 0 fully saturated rings. The molecule has 0 saturated heterocycles. The first-order chi connectivity index (χ1) is 7.29. The predicted octanol–water partition coefficient (Wildman–Crippen LogP) is 4.29. The summed E-state index contributed by atoms with van der Waals surface area (Å²) in [6.07, 6.45) is 3.25. The van der Waals surface area contributed by atoms with Crippen molar-refractivity contribution in [3.8, 4) is 5.75 Å². The minimum atomic E-state index is -0.275. The van der Waals surface area contributed by atoms with Crippen molar-refractivity contribution in [2.45, 2.75) is 31.5 Å². The van der Waals surface area contributed by atoms with Gasteiger partial charge in [-0.05, 0) is 12.5 Å². The summed E-state index contributed by atoms with van der Waals surface area (Å²) in [4.78, 5) is 0. The topological polar surface area (TPSA) is 9.23 Å². The van der Waals surface area contributed by atoms with E-state index in [-0.39, 0.29) is 5.82 Å². The van der Waals surface area contributed by atoms with Crippen LogP contribution in [0.5, 0.6) is 5.75 Å². The van der Waals surface area contributed by atoms with Crippen molar-refractivity contribution in [1.29, 1.82) is 0 Å². The summed E-state index contributed by atoms with van der Waals surface area (Å²) in [7, 11) is 0. The summed E-state index contributed by atoms with van der Waals surface area (Å²) in [5.41, 5.74) is 0.867. The molecule has 0 N–H and O–H groups in total. The van der Waals surface area contributed by atoms with Crippen LogP contribution in [-0.4, -0.2) is 6.61 Å². The van der Waals surface area contributed by atoms with Crippen LogP contribution in [0.2, 0.25) is 0 Å². The highest BCUT2D eigenvalue weighted by Crippen LogP contribution is 2.24. The molecule has 0 aliphatic rings. The van der Waals surface area contributed by atoms with Crippen LogP contribution in [0.3, 0.4) is 0 Å². The summed E-state index contributed by atoms with van der Waals surface area (Å²) in [6, 6.07) is 5.00. The summed E-state index contributed by atoms with van der Waals surface area (Å²) in [6.45, 7) is 2.72. The van der Waals surface area contributed by atoms with Crippen molar-refractivity contribution >= 4 is 15.9 Å². The van der Waals surface area contributed by atoms with Gasteiger partial charge in [0.15, 0.2) is 11.6 Å².